The topological polar surface area (TPSA) is 70.4 Å². The number of halogens is 4. The van der Waals surface area contributed by atoms with Crippen molar-refractivity contribution in [2.24, 2.45) is 7.05 Å². The van der Waals surface area contributed by atoms with Crippen LogP contribution < -0.4 is 4.90 Å². The summed E-state index contributed by atoms with van der Waals surface area (Å²) in [4.78, 5) is 21.9. The van der Waals surface area contributed by atoms with Gasteiger partial charge in [0.25, 0.3) is 0 Å². The van der Waals surface area contributed by atoms with Crippen LogP contribution in [0, 0.1) is 6.92 Å². The second-order valence-electron chi connectivity index (χ2n) is 7.29. The molecule has 0 saturated carbocycles. The van der Waals surface area contributed by atoms with Crippen molar-refractivity contribution in [3.05, 3.63) is 34.5 Å². The van der Waals surface area contributed by atoms with Crippen LogP contribution in [0.5, 0.6) is 0 Å². The zero-order chi connectivity index (χ0) is 22.1. The zero-order valence-electron chi connectivity index (χ0n) is 16.9. The molecule has 1 aliphatic rings. The summed E-state index contributed by atoms with van der Waals surface area (Å²) in [6.45, 7) is 4.34. The molecule has 30 heavy (non-hydrogen) atoms. The van der Waals surface area contributed by atoms with Crippen molar-refractivity contribution in [1.82, 2.24) is 29.5 Å². The summed E-state index contributed by atoms with van der Waals surface area (Å²) in [5.74, 6) is 1.85. The van der Waals surface area contributed by atoms with Crippen molar-refractivity contribution >= 4 is 23.3 Å². The number of hydrogen-bond acceptors (Lipinski definition) is 6. The second kappa shape index (κ2) is 8.76. The van der Waals surface area contributed by atoms with Crippen LogP contribution in [-0.2, 0) is 24.6 Å². The largest absolute Gasteiger partial charge is 0.417 e. The van der Waals surface area contributed by atoms with Gasteiger partial charge in [-0.2, -0.15) is 13.2 Å². The fourth-order valence-electron chi connectivity index (χ4n) is 3.20. The van der Waals surface area contributed by atoms with E-state index in [9.17, 15) is 18.0 Å². The van der Waals surface area contributed by atoms with E-state index in [1.165, 1.54) is 0 Å². The van der Waals surface area contributed by atoms with Crippen LogP contribution in [0.15, 0.2) is 12.3 Å². The molecule has 0 aromatic carbocycles. The summed E-state index contributed by atoms with van der Waals surface area (Å²) in [7, 11) is 3.71. The minimum Gasteiger partial charge on any atom is -0.352 e. The Hall–Kier alpha value is -2.40. The first-order valence-corrected chi connectivity index (χ1v) is 9.73. The van der Waals surface area contributed by atoms with E-state index in [0.717, 1.165) is 23.9 Å². The van der Waals surface area contributed by atoms with Crippen molar-refractivity contribution in [2.45, 2.75) is 19.6 Å². The monoisotopic (exact) mass is 445 g/mol. The molecular formula is C18H23ClF3N7O. The minimum atomic E-state index is -4.49. The Bertz CT molecular complexity index is 910. The Balaban J connectivity index is 1.53. The molecule has 2 aromatic rings. The first-order chi connectivity index (χ1) is 14.1. The number of carbonyl (C=O) groups excluding carboxylic acids is 1. The zero-order valence-corrected chi connectivity index (χ0v) is 17.7. The predicted octanol–water partition coefficient (Wildman–Crippen LogP) is 1.97. The standard InChI is InChI=1S/C18H23ClF3N7O/c1-12-24-25-15(27(12)3)10-26(2)11-16(30)28-4-6-29(7-5-28)17-14(19)8-13(9-23-17)18(20,21)22/h8-9H,4-7,10-11H2,1-3H3. The van der Waals surface area contributed by atoms with Gasteiger partial charge < -0.3 is 14.4 Å². The number of piperazine rings is 1. The van der Waals surface area contributed by atoms with Gasteiger partial charge in [0.15, 0.2) is 0 Å². The van der Waals surface area contributed by atoms with Crippen molar-refractivity contribution in [3.63, 3.8) is 0 Å². The van der Waals surface area contributed by atoms with Gasteiger partial charge in [-0.3, -0.25) is 9.69 Å². The van der Waals surface area contributed by atoms with Crippen molar-refractivity contribution in [3.8, 4) is 0 Å². The Morgan fingerprint density at radius 3 is 2.43 bits per heavy atom. The van der Waals surface area contributed by atoms with E-state index in [0.29, 0.717) is 38.5 Å². The van der Waals surface area contributed by atoms with Gasteiger partial charge in [0.1, 0.15) is 17.5 Å². The van der Waals surface area contributed by atoms with Crippen LogP contribution >= 0.6 is 11.6 Å². The lowest BCUT2D eigenvalue weighted by Crippen LogP contribution is -2.51. The highest BCUT2D eigenvalue weighted by Crippen LogP contribution is 2.33. The molecule has 0 aliphatic carbocycles. The summed E-state index contributed by atoms with van der Waals surface area (Å²) in [6, 6.07) is 0.880. The maximum Gasteiger partial charge on any atom is 0.417 e. The van der Waals surface area contributed by atoms with Gasteiger partial charge in [-0.05, 0) is 20.0 Å². The number of likely N-dealkylation sites (N-methyl/N-ethyl adjacent to an activating group) is 1. The van der Waals surface area contributed by atoms with Crippen molar-refractivity contribution in [2.75, 3.05) is 44.7 Å². The molecule has 2 aromatic heterocycles. The smallest absolute Gasteiger partial charge is 0.352 e. The quantitative estimate of drug-likeness (QED) is 0.701. The lowest BCUT2D eigenvalue weighted by Gasteiger charge is -2.36. The fourth-order valence-corrected chi connectivity index (χ4v) is 3.49. The maximum absolute atomic E-state index is 12.8. The lowest BCUT2D eigenvalue weighted by atomic mass is 10.2. The molecule has 8 nitrogen and oxygen atoms in total. The average molecular weight is 446 g/mol. The van der Waals surface area contributed by atoms with Crippen LogP contribution in [0.2, 0.25) is 5.02 Å². The normalized spacial score (nSPS) is 15.2. The Labute approximate surface area is 177 Å². The Kier molecular flexibility index (Phi) is 6.51. The van der Waals surface area contributed by atoms with Crippen LogP contribution in [0.1, 0.15) is 17.2 Å². The van der Waals surface area contributed by atoms with E-state index >= 15 is 0 Å². The number of amides is 1. The number of carbonyl (C=O) groups is 1. The summed E-state index contributed by atoms with van der Waals surface area (Å²) in [6.07, 6.45) is -3.71. The molecule has 1 aliphatic heterocycles. The third kappa shape index (κ3) is 5.01. The van der Waals surface area contributed by atoms with Gasteiger partial charge in [0.2, 0.25) is 5.91 Å². The second-order valence-corrected chi connectivity index (χ2v) is 7.70. The maximum atomic E-state index is 12.8. The summed E-state index contributed by atoms with van der Waals surface area (Å²) in [5, 5.41) is 8.05. The van der Waals surface area contributed by atoms with Crippen LogP contribution in [0.25, 0.3) is 0 Å². The van der Waals surface area contributed by atoms with Gasteiger partial charge in [-0.15, -0.1) is 10.2 Å². The summed E-state index contributed by atoms with van der Waals surface area (Å²) >= 11 is 6.02. The van der Waals surface area contributed by atoms with Gasteiger partial charge >= 0.3 is 6.18 Å². The lowest BCUT2D eigenvalue weighted by molar-refractivity contribution is -0.138. The number of anilines is 1. The molecule has 0 radical (unpaired) electrons. The van der Waals surface area contributed by atoms with Gasteiger partial charge in [0, 0.05) is 39.4 Å². The molecule has 0 spiro atoms. The molecule has 1 saturated heterocycles. The first-order valence-electron chi connectivity index (χ1n) is 9.35. The molecular weight excluding hydrogens is 423 g/mol. The van der Waals surface area contributed by atoms with E-state index < -0.39 is 11.7 Å². The highest BCUT2D eigenvalue weighted by Gasteiger charge is 2.32. The molecule has 164 valence electrons. The molecule has 0 bridgehead atoms. The third-order valence-electron chi connectivity index (χ3n) is 5.08. The van der Waals surface area contributed by atoms with Crippen molar-refractivity contribution in [1.29, 1.82) is 0 Å². The summed E-state index contributed by atoms with van der Waals surface area (Å²) < 4.78 is 40.2. The van der Waals surface area contributed by atoms with Crippen LogP contribution in [0.4, 0.5) is 19.0 Å². The van der Waals surface area contributed by atoms with Crippen LogP contribution in [0.3, 0.4) is 0 Å². The number of rotatable bonds is 5. The number of aromatic nitrogens is 4. The van der Waals surface area contributed by atoms with Gasteiger partial charge in [-0.1, -0.05) is 11.6 Å². The molecule has 1 amide bonds. The SMILES string of the molecule is Cc1nnc(CN(C)CC(=O)N2CCN(c3ncc(C(F)(F)F)cc3Cl)CC2)n1C. The fraction of sp³-hybridized carbons (Fsp3) is 0.556. The highest BCUT2D eigenvalue weighted by molar-refractivity contribution is 6.33. The van der Waals surface area contributed by atoms with E-state index in [1.54, 1.807) is 9.80 Å². The average Bonchev–Trinajstić information content (AvgIpc) is 2.99. The number of nitrogens with zero attached hydrogens (tertiary/aromatic N) is 7. The molecule has 3 rings (SSSR count). The molecule has 1 fully saturated rings. The number of hydrogen-bond donors (Lipinski definition) is 0. The third-order valence-corrected chi connectivity index (χ3v) is 5.36. The number of aryl methyl sites for hydroxylation is 1. The minimum absolute atomic E-state index is 0.0254. The van der Waals surface area contributed by atoms with E-state index in [1.807, 2.05) is 30.5 Å². The van der Waals surface area contributed by atoms with Crippen LogP contribution in [-0.4, -0.2) is 75.2 Å². The van der Waals surface area contributed by atoms with Crippen molar-refractivity contribution < 1.29 is 18.0 Å². The van der Waals surface area contributed by atoms with E-state index in [2.05, 4.69) is 15.2 Å². The van der Waals surface area contributed by atoms with E-state index in [4.69, 9.17) is 11.6 Å². The molecule has 0 atom stereocenters. The predicted molar refractivity (Wildman–Crippen MR) is 105 cm³/mol. The summed E-state index contributed by atoms with van der Waals surface area (Å²) in [5.41, 5.74) is -0.883. The number of alkyl halides is 3. The van der Waals surface area contributed by atoms with Gasteiger partial charge in [0.05, 0.1) is 23.7 Å². The molecule has 0 N–H and O–H groups in total. The number of pyridine rings is 1. The Morgan fingerprint density at radius 1 is 1.23 bits per heavy atom. The first kappa shape index (κ1) is 22.3. The molecule has 12 heteroatoms. The van der Waals surface area contributed by atoms with Gasteiger partial charge in [-0.25, -0.2) is 4.98 Å². The Morgan fingerprint density at radius 2 is 1.90 bits per heavy atom. The molecule has 3 heterocycles. The van der Waals surface area contributed by atoms with E-state index in [-0.39, 0.29) is 17.5 Å². The molecule has 0 unspecified atom stereocenters. The highest BCUT2D eigenvalue weighted by atomic mass is 35.5.